The molecule has 0 aromatic heterocycles. The van der Waals surface area contributed by atoms with Gasteiger partial charge in [-0.3, -0.25) is 4.79 Å². The molecule has 1 fully saturated rings. The van der Waals surface area contributed by atoms with Gasteiger partial charge in [-0.15, -0.1) is 0 Å². The fourth-order valence-electron chi connectivity index (χ4n) is 3.84. The first-order chi connectivity index (χ1) is 12.1. The second-order valence-electron chi connectivity index (χ2n) is 6.78. The number of benzene rings is 2. The van der Waals surface area contributed by atoms with E-state index >= 15 is 0 Å². The highest BCUT2D eigenvalue weighted by atomic mass is 16.7. The van der Waals surface area contributed by atoms with Crippen molar-refractivity contribution in [2.75, 3.05) is 24.7 Å². The Kier molecular flexibility index (Phi) is 4.10. The smallest absolute Gasteiger partial charge is 0.292 e. The maximum Gasteiger partial charge on any atom is 0.292 e. The van der Waals surface area contributed by atoms with Gasteiger partial charge in [0.2, 0.25) is 0 Å². The molecule has 4 heteroatoms. The molecule has 0 atom stereocenters. The summed E-state index contributed by atoms with van der Waals surface area (Å²) in [4.78, 5) is 15.2. The molecule has 4 rings (SSSR count). The molecule has 2 heterocycles. The summed E-state index contributed by atoms with van der Waals surface area (Å²) in [7, 11) is 0. The number of nitrogens with zero attached hydrogens (tertiary/aromatic N) is 1. The molecule has 0 aliphatic carbocycles. The highest BCUT2D eigenvalue weighted by Crippen LogP contribution is 2.48. The van der Waals surface area contributed by atoms with Crippen molar-refractivity contribution in [3.05, 3.63) is 64.7 Å². The van der Waals surface area contributed by atoms with Crippen molar-refractivity contribution in [2.45, 2.75) is 32.5 Å². The van der Waals surface area contributed by atoms with Crippen molar-refractivity contribution in [3.8, 4) is 0 Å². The molecule has 2 aromatic rings. The van der Waals surface area contributed by atoms with Gasteiger partial charge in [-0.1, -0.05) is 42.5 Å². The number of fused-ring (bicyclic) bond motifs is 2. The van der Waals surface area contributed by atoms with Gasteiger partial charge in [-0.05, 0) is 43.4 Å². The van der Waals surface area contributed by atoms with Gasteiger partial charge >= 0.3 is 0 Å². The predicted octanol–water partition coefficient (Wildman–Crippen LogP) is 3.48. The Balaban J connectivity index is 1.74. The minimum atomic E-state index is -1.25. The summed E-state index contributed by atoms with van der Waals surface area (Å²) in [6.07, 6.45) is 1.62. The van der Waals surface area contributed by atoms with Gasteiger partial charge in [0.25, 0.3) is 11.7 Å². The summed E-state index contributed by atoms with van der Waals surface area (Å²) in [5.74, 6) is -1.34. The van der Waals surface area contributed by atoms with Crippen LogP contribution in [0.5, 0.6) is 0 Å². The van der Waals surface area contributed by atoms with Crippen LogP contribution in [0.25, 0.3) is 0 Å². The molecule has 4 nitrogen and oxygen atoms in total. The van der Waals surface area contributed by atoms with E-state index in [9.17, 15) is 4.79 Å². The van der Waals surface area contributed by atoms with Gasteiger partial charge < -0.3 is 14.4 Å². The Labute approximate surface area is 148 Å². The molecule has 2 aliphatic heterocycles. The average molecular weight is 337 g/mol. The Hall–Kier alpha value is -2.17. The lowest BCUT2D eigenvalue weighted by molar-refractivity contribution is -0.257. The molecule has 0 N–H and O–H groups in total. The fraction of sp³-hybridized carbons (Fsp3) is 0.381. The highest BCUT2D eigenvalue weighted by molar-refractivity contribution is 6.07. The van der Waals surface area contributed by atoms with Crippen molar-refractivity contribution in [1.82, 2.24) is 0 Å². The second-order valence-corrected chi connectivity index (χ2v) is 6.78. The topological polar surface area (TPSA) is 38.8 Å². The molecule has 0 radical (unpaired) electrons. The van der Waals surface area contributed by atoms with E-state index < -0.39 is 5.79 Å². The van der Waals surface area contributed by atoms with Crippen LogP contribution in [0.2, 0.25) is 0 Å². The number of carbonyl (C=O) groups excluding carboxylic acids is 1. The molecule has 2 aromatic carbocycles. The van der Waals surface area contributed by atoms with Gasteiger partial charge in [-0.25, -0.2) is 0 Å². The molecular formula is C21H23NO3. The minimum Gasteiger partial charge on any atom is -0.338 e. The van der Waals surface area contributed by atoms with Crippen molar-refractivity contribution in [2.24, 2.45) is 0 Å². The predicted molar refractivity (Wildman–Crippen MR) is 96.6 cm³/mol. The van der Waals surface area contributed by atoms with Crippen LogP contribution in [0.1, 0.15) is 28.7 Å². The van der Waals surface area contributed by atoms with Crippen molar-refractivity contribution in [1.29, 1.82) is 0 Å². The third-order valence-electron chi connectivity index (χ3n) is 5.08. The lowest BCUT2D eigenvalue weighted by Crippen LogP contribution is -2.47. The van der Waals surface area contributed by atoms with Crippen molar-refractivity contribution < 1.29 is 14.3 Å². The van der Waals surface area contributed by atoms with Crippen LogP contribution >= 0.6 is 0 Å². The Morgan fingerprint density at radius 2 is 1.68 bits per heavy atom. The maximum atomic E-state index is 13.3. The van der Waals surface area contributed by atoms with E-state index in [4.69, 9.17) is 9.47 Å². The summed E-state index contributed by atoms with van der Waals surface area (Å²) in [5, 5.41) is 0. The fourth-order valence-corrected chi connectivity index (χ4v) is 3.84. The van der Waals surface area contributed by atoms with E-state index in [0.29, 0.717) is 19.8 Å². The van der Waals surface area contributed by atoms with Gasteiger partial charge in [0.15, 0.2) is 0 Å². The van der Waals surface area contributed by atoms with E-state index in [1.165, 1.54) is 5.56 Å². The Bertz CT molecular complexity index is 794. The van der Waals surface area contributed by atoms with Crippen LogP contribution in [-0.2, 0) is 26.5 Å². The lowest BCUT2D eigenvalue weighted by atomic mass is 9.97. The second kappa shape index (κ2) is 6.28. The van der Waals surface area contributed by atoms with Crippen LogP contribution in [-0.4, -0.2) is 25.7 Å². The molecule has 2 aliphatic rings. The third-order valence-corrected chi connectivity index (χ3v) is 5.08. The van der Waals surface area contributed by atoms with Gasteiger partial charge in [0.05, 0.1) is 18.9 Å². The molecule has 130 valence electrons. The molecule has 1 amide bonds. The Morgan fingerprint density at radius 3 is 2.40 bits per heavy atom. The van der Waals surface area contributed by atoms with E-state index in [-0.39, 0.29) is 5.91 Å². The van der Waals surface area contributed by atoms with E-state index in [1.54, 1.807) is 0 Å². The third kappa shape index (κ3) is 2.57. The lowest BCUT2D eigenvalue weighted by Gasteiger charge is -2.33. The average Bonchev–Trinajstić information content (AvgIpc) is 2.88. The first-order valence-electron chi connectivity index (χ1n) is 8.88. The van der Waals surface area contributed by atoms with Gasteiger partial charge in [-0.2, -0.15) is 0 Å². The largest absolute Gasteiger partial charge is 0.338 e. The molecule has 0 saturated carbocycles. The number of amides is 1. The quantitative estimate of drug-likeness (QED) is 0.861. The minimum absolute atomic E-state index is 0.0875. The molecule has 1 spiro atoms. The number of rotatable bonds is 3. The molecule has 1 saturated heterocycles. The van der Waals surface area contributed by atoms with E-state index in [0.717, 1.165) is 35.2 Å². The van der Waals surface area contributed by atoms with E-state index in [1.807, 2.05) is 43.0 Å². The monoisotopic (exact) mass is 337 g/mol. The number of hydrogen-bond donors (Lipinski definition) is 0. The molecule has 25 heavy (non-hydrogen) atoms. The van der Waals surface area contributed by atoms with Gasteiger partial charge in [0.1, 0.15) is 0 Å². The van der Waals surface area contributed by atoms with Crippen LogP contribution in [0.4, 0.5) is 5.69 Å². The zero-order valence-corrected chi connectivity index (χ0v) is 14.7. The van der Waals surface area contributed by atoms with Gasteiger partial charge in [0, 0.05) is 12.1 Å². The summed E-state index contributed by atoms with van der Waals surface area (Å²) < 4.78 is 11.9. The zero-order valence-electron chi connectivity index (χ0n) is 14.7. The van der Waals surface area contributed by atoms with E-state index in [2.05, 4.69) is 18.2 Å². The normalized spacial score (nSPS) is 18.6. The number of aryl methyl sites for hydroxylation is 2. The van der Waals surface area contributed by atoms with Crippen LogP contribution in [0.15, 0.2) is 42.5 Å². The summed E-state index contributed by atoms with van der Waals surface area (Å²) in [5.41, 5.74) is 5.19. The Morgan fingerprint density at radius 1 is 1.00 bits per heavy atom. The zero-order chi connectivity index (χ0) is 17.4. The van der Waals surface area contributed by atoms with Crippen LogP contribution in [0, 0.1) is 13.8 Å². The summed E-state index contributed by atoms with van der Waals surface area (Å²) >= 11 is 0. The first kappa shape index (κ1) is 16.3. The number of ether oxygens (including phenoxy) is 2. The SMILES string of the molecule is Cc1ccc(C)c2c1N(CCc1ccccc1)C(=O)C21OCCCO1. The summed E-state index contributed by atoms with van der Waals surface area (Å²) in [6.45, 7) is 5.78. The summed E-state index contributed by atoms with van der Waals surface area (Å²) in [6, 6.07) is 14.4. The number of anilines is 1. The molecular weight excluding hydrogens is 314 g/mol. The molecule has 0 bridgehead atoms. The van der Waals surface area contributed by atoms with Crippen molar-refractivity contribution >= 4 is 11.6 Å². The standard InChI is InChI=1S/C21H23NO3/c1-15-9-10-16(2)19-18(15)21(24-13-6-14-25-21)20(23)22(19)12-11-17-7-4-3-5-8-17/h3-5,7-10H,6,11-14H2,1-2H3. The molecule has 0 unspecified atom stereocenters. The number of hydrogen-bond acceptors (Lipinski definition) is 3. The number of carbonyl (C=O) groups is 1. The maximum absolute atomic E-state index is 13.3. The first-order valence-corrected chi connectivity index (χ1v) is 8.88. The van der Waals surface area contributed by atoms with Crippen LogP contribution < -0.4 is 4.90 Å². The van der Waals surface area contributed by atoms with Crippen LogP contribution in [0.3, 0.4) is 0 Å². The van der Waals surface area contributed by atoms with Crippen molar-refractivity contribution in [3.63, 3.8) is 0 Å². The highest BCUT2D eigenvalue weighted by Gasteiger charge is 2.55.